The van der Waals surface area contributed by atoms with Crippen molar-refractivity contribution in [3.05, 3.63) is 71.3 Å². The molecular formula is C24H23NO4. The molecule has 5 heteroatoms. The van der Waals surface area contributed by atoms with Crippen molar-refractivity contribution >= 4 is 5.97 Å². The fourth-order valence-corrected chi connectivity index (χ4v) is 6.04. The molecule has 29 heavy (non-hydrogen) atoms. The number of likely N-dealkylation sites (N-methyl/N-ethyl adjacent to an activating group) is 1. The van der Waals surface area contributed by atoms with Crippen LogP contribution in [-0.4, -0.2) is 47.8 Å². The minimum Gasteiger partial charge on any atom is -0.482 e. The standard InChI is InChI=1S/C24H23NO4/c1-25-12-11-24-16-8-9-18(26)22(24)29-21-19(10-7-15(20(21)24)13-17(16)25)28-23(27)14-5-3-2-4-6-14/h2-10,16-18,22,26H,11-13H2,1H3/t16-,17+,18-,22-,24-/m0/s1. The van der Waals surface area contributed by atoms with Crippen LogP contribution in [0.1, 0.15) is 27.9 Å². The molecule has 0 unspecified atom stereocenters. The lowest BCUT2D eigenvalue weighted by atomic mass is 9.53. The largest absolute Gasteiger partial charge is 0.482 e. The monoisotopic (exact) mass is 389 g/mol. The fourth-order valence-electron chi connectivity index (χ4n) is 6.04. The lowest BCUT2D eigenvalue weighted by Gasteiger charge is -2.56. The van der Waals surface area contributed by atoms with Gasteiger partial charge in [-0.3, -0.25) is 0 Å². The van der Waals surface area contributed by atoms with E-state index in [0.29, 0.717) is 29.0 Å². The summed E-state index contributed by atoms with van der Waals surface area (Å²) in [7, 11) is 2.18. The minimum atomic E-state index is -0.661. The number of benzene rings is 2. The molecule has 2 bridgehead atoms. The van der Waals surface area contributed by atoms with Gasteiger partial charge < -0.3 is 19.5 Å². The number of hydrogen-bond donors (Lipinski definition) is 1. The second-order valence-corrected chi connectivity index (χ2v) is 8.66. The molecule has 2 aromatic rings. The van der Waals surface area contributed by atoms with Crippen LogP contribution in [0.3, 0.4) is 0 Å². The molecule has 5 atom stereocenters. The van der Waals surface area contributed by atoms with Gasteiger partial charge in [0.05, 0.1) is 5.56 Å². The maximum atomic E-state index is 12.7. The van der Waals surface area contributed by atoms with Gasteiger partial charge in [-0.05, 0) is 50.2 Å². The molecule has 1 spiro atoms. The predicted octanol–water partition coefficient (Wildman–Crippen LogP) is 2.71. The highest BCUT2D eigenvalue weighted by Gasteiger charge is 2.64. The summed E-state index contributed by atoms with van der Waals surface area (Å²) in [5.74, 6) is 0.991. The molecule has 6 rings (SSSR count). The second kappa shape index (κ2) is 5.94. The molecule has 0 amide bonds. The third kappa shape index (κ3) is 2.20. The topological polar surface area (TPSA) is 59.0 Å². The molecule has 2 aliphatic heterocycles. The van der Waals surface area contributed by atoms with Crippen molar-refractivity contribution in [3.63, 3.8) is 0 Å². The Morgan fingerprint density at radius 1 is 1.21 bits per heavy atom. The SMILES string of the molecule is CN1CC[C@]23c4c5ccc(OC(=O)c6ccccc6)c4O[C@H]2[C@@H](O)C=C[C@H]3[C@H]1C5. The van der Waals surface area contributed by atoms with E-state index in [1.807, 2.05) is 30.3 Å². The summed E-state index contributed by atoms with van der Waals surface area (Å²) in [4.78, 5) is 15.1. The first-order valence-electron chi connectivity index (χ1n) is 10.3. The van der Waals surface area contributed by atoms with Crippen LogP contribution in [0.2, 0.25) is 0 Å². The van der Waals surface area contributed by atoms with Crippen molar-refractivity contribution < 1.29 is 19.4 Å². The highest BCUT2D eigenvalue weighted by molar-refractivity contribution is 5.91. The van der Waals surface area contributed by atoms with Crippen molar-refractivity contribution in [2.24, 2.45) is 5.92 Å². The zero-order valence-corrected chi connectivity index (χ0v) is 16.2. The van der Waals surface area contributed by atoms with E-state index in [0.717, 1.165) is 24.9 Å². The smallest absolute Gasteiger partial charge is 0.343 e. The Morgan fingerprint density at radius 3 is 2.86 bits per heavy atom. The quantitative estimate of drug-likeness (QED) is 0.486. The normalized spacial score (nSPS) is 33.7. The molecule has 1 saturated heterocycles. The Labute approximate surface area is 169 Å². The van der Waals surface area contributed by atoms with E-state index in [1.54, 1.807) is 12.1 Å². The zero-order chi connectivity index (χ0) is 19.8. The summed E-state index contributed by atoms with van der Waals surface area (Å²) < 4.78 is 12.2. The van der Waals surface area contributed by atoms with Crippen LogP contribution in [0.4, 0.5) is 0 Å². The van der Waals surface area contributed by atoms with Crippen molar-refractivity contribution in [2.75, 3.05) is 13.6 Å². The summed E-state index contributed by atoms with van der Waals surface area (Å²) in [6.45, 7) is 0.967. The van der Waals surface area contributed by atoms with Gasteiger partial charge in [-0.15, -0.1) is 0 Å². The molecule has 2 heterocycles. The van der Waals surface area contributed by atoms with Crippen LogP contribution in [0.5, 0.6) is 11.5 Å². The Hall–Kier alpha value is -2.63. The molecule has 4 aliphatic rings. The number of esters is 1. The van der Waals surface area contributed by atoms with Gasteiger partial charge in [-0.1, -0.05) is 36.4 Å². The number of nitrogens with zero attached hydrogens (tertiary/aromatic N) is 1. The lowest BCUT2D eigenvalue weighted by Crippen LogP contribution is -2.64. The number of carbonyl (C=O) groups is 1. The van der Waals surface area contributed by atoms with E-state index in [4.69, 9.17) is 9.47 Å². The van der Waals surface area contributed by atoms with Crippen molar-refractivity contribution in [3.8, 4) is 11.5 Å². The van der Waals surface area contributed by atoms with Gasteiger partial charge in [0.2, 0.25) is 0 Å². The second-order valence-electron chi connectivity index (χ2n) is 8.66. The van der Waals surface area contributed by atoms with Gasteiger partial charge in [-0.25, -0.2) is 4.79 Å². The number of piperidine rings is 1. The van der Waals surface area contributed by atoms with Gasteiger partial charge in [0.15, 0.2) is 11.5 Å². The average molecular weight is 389 g/mol. The van der Waals surface area contributed by atoms with Crippen LogP contribution >= 0.6 is 0 Å². The molecule has 148 valence electrons. The maximum Gasteiger partial charge on any atom is 0.343 e. The summed E-state index contributed by atoms with van der Waals surface area (Å²) in [5.41, 5.74) is 2.66. The molecule has 0 aromatic heterocycles. The van der Waals surface area contributed by atoms with Crippen LogP contribution < -0.4 is 9.47 Å². The number of aliphatic hydroxyl groups is 1. The third-order valence-electron chi connectivity index (χ3n) is 7.35. The van der Waals surface area contributed by atoms with Crippen molar-refractivity contribution in [2.45, 2.75) is 36.5 Å². The van der Waals surface area contributed by atoms with Gasteiger partial charge in [0.25, 0.3) is 0 Å². The maximum absolute atomic E-state index is 12.7. The molecule has 0 saturated carbocycles. The Balaban J connectivity index is 1.48. The molecule has 1 fully saturated rings. The predicted molar refractivity (Wildman–Crippen MR) is 107 cm³/mol. The van der Waals surface area contributed by atoms with Crippen LogP contribution in [-0.2, 0) is 11.8 Å². The number of likely N-dealkylation sites (tertiary alicyclic amines) is 1. The summed E-state index contributed by atoms with van der Waals surface area (Å²) in [6.07, 6.45) is 4.94. The first-order valence-corrected chi connectivity index (χ1v) is 10.3. The zero-order valence-electron chi connectivity index (χ0n) is 16.2. The Kier molecular flexibility index (Phi) is 3.53. The molecule has 2 aliphatic carbocycles. The van der Waals surface area contributed by atoms with Crippen LogP contribution in [0.15, 0.2) is 54.6 Å². The number of hydrogen-bond acceptors (Lipinski definition) is 5. The number of carbonyl (C=O) groups excluding carboxylic acids is 1. The Morgan fingerprint density at radius 2 is 2.03 bits per heavy atom. The van der Waals surface area contributed by atoms with Crippen LogP contribution in [0.25, 0.3) is 0 Å². The minimum absolute atomic E-state index is 0.247. The Bertz CT molecular complexity index is 1030. The van der Waals surface area contributed by atoms with E-state index in [9.17, 15) is 9.90 Å². The highest BCUT2D eigenvalue weighted by atomic mass is 16.6. The van der Waals surface area contributed by atoms with Gasteiger partial charge in [0, 0.05) is 22.9 Å². The number of rotatable bonds is 2. The van der Waals surface area contributed by atoms with Gasteiger partial charge >= 0.3 is 5.97 Å². The van der Waals surface area contributed by atoms with E-state index in [-0.39, 0.29) is 11.5 Å². The van der Waals surface area contributed by atoms with E-state index < -0.39 is 12.1 Å². The number of aliphatic hydroxyl groups excluding tert-OH is 1. The summed E-state index contributed by atoms with van der Waals surface area (Å²) in [6, 6.07) is 13.3. The molecule has 5 nitrogen and oxygen atoms in total. The van der Waals surface area contributed by atoms with Gasteiger partial charge in [0.1, 0.15) is 12.2 Å². The lowest BCUT2D eigenvalue weighted by molar-refractivity contribution is -0.0453. The van der Waals surface area contributed by atoms with E-state index >= 15 is 0 Å². The fraction of sp³-hybridized carbons (Fsp3) is 0.375. The van der Waals surface area contributed by atoms with E-state index in [2.05, 4.69) is 24.1 Å². The van der Waals surface area contributed by atoms with Gasteiger partial charge in [-0.2, -0.15) is 0 Å². The van der Waals surface area contributed by atoms with E-state index in [1.165, 1.54) is 5.56 Å². The first-order chi connectivity index (χ1) is 14.1. The highest BCUT2D eigenvalue weighted by Crippen LogP contribution is 2.62. The van der Waals surface area contributed by atoms with Crippen molar-refractivity contribution in [1.29, 1.82) is 0 Å². The number of ether oxygens (including phenoxy) is 2. The molecule has 2 aromatic carbocycles. The van der Waals surface area contributed by atoms with Crippen LogP contribution in [0, 0.1) is 5.92 Å². The molecular weight excluding hydrogens is 366 g/mol. The summed E-state index contributed by atoms with van der Waals surface area (Å²) in [5, 5.41) is 10.8. The molecule has 1 N–H and O–H groups in total. The first kappa shape index (κ1) is 17.2. The molecule has 0 radical (unpaired) electrons. The third-order valence-corrected chi connectivity index (χ3v) is 7.35. The summed E-state index contributed by atoms with van der Waals surface area (Å²) >= 11 is 0. The average Bonchev–Trinajstić information content (AvgIpc) is 3.10. The van der Waals surface area contributed by atoms with Crippen molar-refractivity contribution in [1.82, 2.24) is 4.90 Å².